The number of carbonyl (C=O) groups is 3. The number of Topliss-reactive ketones (excluding diaryl/α,β-unsaturated/α-hetero) is 1. The molecule has 0 spiro atoms. The standard InChI is InChI=1S/C25H30FN3O5/c1-6-34-25(33)20-14(2)18(15(3)27-20)22(30)19-21(16-9-7-10-17(26)13-16)29(24(32)23(19)31)12-8-11-28(4)5/h7,9-10,13,21,27,30H,6,8,11-12H2,1-5H3/b22-19+. The molecule has 1 atom stereocenters. The molecule has 1 saturated heterocycles. The topological polar surface area (TPSA) is 103 Å². The maximum absolute atomic E-state index is 14.1. The smallest absolute Gasteiger partial charge is 0.355 e. The fourth-order valence-electron chi connectivity index (χ4n) is 4.34. The summed E-state index contributed by atoms with van der Waals surface area (Å²) in [6, 6.07) is 4.68. The van der Waals surface area contributed by atoms with Crippen molar-refractivity contribution < 1.29 is 28.6 Å². The maximum Gasteiger partial charge on any atom is 0.355 e. The average Bonchev–Trinajstić information content (AvgIpc) is 3.21. The first-order valence-corrected chi connectivity index (χ1v) is 11.1. The van der Waals surface area contributed by atoms with E-state index in [9.17, 15) is 23.9 Å². The van der Waals surface area contributed by atoms with E-state index in [1.165, 1.54) is 23.1 Å². The molecule has 1 aliphatic rings. The molecule has 8 nitrogen and oxygen atoms in total. The van der Waals surface area contributed by atoms with Gasteiger partial charge in [-0.25, -0.2) is 9.18 Å². The number of hydrogen-bond acceptors (Lipinski definition) is 6. The van der Waals surface area contributed by atoms with Gasteiger partial charge in [0, 0.05) is 17.8 Å². The number of halogens is 1. The Balaban J connectivity index is 2.16. The van der Waals surface area contributed by atoms with Crippen molar-refractivity contribution in [2.24, 2.45) is 0 Å². The van der Waals surface area contributed by atoms with Crippen LogP contribution < -0.4 is 0 Å². The van der Waals surface area contributed by atoms with Gasteiger partial charge in [-0.1, -0.05) is 12.1 Å². The number of H-pyrrole nitrogens is 1. The second-order valence-electron chi connectivity index (χ2n) is 8.55. The van der Waals surface area contributed by atoms with Gasteiger partial charge in [-0.15, -0.1) is 0 Å². The summed E-state index contributed by atoms with van der Waals surface area (Å²) in [5, 5.41) is 11.3. The highest BCUT2D eigenvalue weighted by atomic mass is 19.1. The van der Waals surface area contributed by atoms with E-state index < -0.39 is 35.3 Å². The molecule has 1 fully saturated rings. The number of nitrogens with zero attached hydrogens (tertiary/aromatic N) is 2. The number of ketones is 1. The summed E-state index contributed by atoms with van der Waals surface area (Å²) in [6.45, 7) is 6.05. The second-order valence-corrected chi connectivity index (χ2v) is 8.55. The van der Waals surface area contributed by atoms with Crippen molar-refractivity contribution in [2.75, 3.05) is 33.8 Å². The zero-order valence-electron chi connectivity index (χ0n) is 20.1. The van der Waals surface area contributed by atoms with E-state index in [0.717, 1.165) is 0 Å². The SMILES string of the molecule is CCOC(=O)c1[nH]c(C)c(/C(O)=C2\C(=O)C(=O)N(CCCN(C)C)C2c2cccc(F)c2)c1C. The minimum Gasteiger partial charge on any atom is -0.507 e. The number of rotatable bonds is 8. The number of amides is 1. The molecule has 3 rings (SSSR count). The molecule has 2 aromatic rings. The number of aromatic amines is 1. The first-order chi connectivity index (χ1) is 16.1. The third-order valence-electron chi connectivity index (χ3n) is 5.86. The Kier molecular flexibility index (Phi) is 7.56. The number of esters is 1. The third-order valence-corrected chi connectivity index (χ3v) is 5.86. The van der Waals surface area contributed by atoms with Gasteiger partial charge in [0.05, 0.1) is 18.2 Å². The summed E-state index contributed by atoms with van der Waals surface area (Å²) >= 11 is 0. The van der Waals surface area contributed by atoms with Crippen LogP contribution in [0.3, 0.4) is 0 Å². The minimum absolute atomic E-state index is 0.138. The van der Waals surface area contributed by atoms with Crippen LogP contribution in [0.2, 0.25) is 0 Å². The lowest BCUT2D eigenvalue weighted by Gasteiger charge is -2.26. The Morgan fingerprint density at radius 2 is 1.97 bits per heavy atom. The van der Waals surface area contributed by atoms with E-state index in [1.54, 1.807) is 26.8 Å². The largest absolute Gasteiger partial charge is 0.507 e. The Labute approximate surface area is 198 Å². The van der Waals surface area contributed by atoms with Gasteiger partial charge in [0.15, 0.2) is 0 Å². The van der Waals surface area contributed by atoms with E-state index in [-0.39, 0.29) is 30.0 Å². The molecule has 1 unspecified atom stereocenters. The lowest BCUT2D eigenvalue weighted by Crippen LogP contribution is -2.32. The van der Waals surface area contributed by atoms with Crippen LogP contribution in [0, 0.1) is 19.7 Å². The van der Waals surface area contributed by atoms with Gasteiger partial charge in [-0.3, -0.25) is 9.59 Å². The van der Waals surface area contributed by atoms with E-state index in [1.807, 2.05) is 19.0 Å². The Hall–Kier alpha value is -3.46. The summed E-state index contributed by atoms with van der Waals surface area (Å²) < 4.78 is 19.2. The molecular formula is C25H30FN3O5. The van der Waals surface area contributed by atoms with E-state index in [4.69, 9.17) is 4.74 Å². The predicted molar refractivity (Wildman–Crippen MR) is 125 cm³/mol. The Morgan fingerprint density at radius 3 is 2.59 bits per heavy atom. The maximum atomic E-state index is 14.1. The van der Waals surface area contributed by atoms with Crippen molar-refractivity contribution >= 4 is 23.4 Å². The van der Waals surface area contributed by atoms with Crippen LogP contribution in [0.1, 0.15) is 52.3 Å². The molecule has 0 bridgehead atoms. The molecular weight excluding hydrogens is 441 g/mol. The number of nitrogens with one attached hydrogen (secondary N) is 1. The highest BCUT2D eigenvalue weighted by Crippen LogP contribution is 2.41. The van der Waals surface area contributed by atoms with Crippen LogP contribution in [-0.2, 0) is 14.3 Å². The van der Waals surface area contributed by atoms with Crippen LogP contribution >= 0.6 is 0 Å². The Bertz CT molecular complexity index is 1150. The number of aromatic nitrogens is 1. The van der Waals surface area contributed by atoms with Gasteiger partial charge >= 0.3 is 5.97 Å². The van der Waals surface area contributed by atoms with Crippen molar-refractivity contribution in [3.63, 3.8) is 0 Å². The first-order valence-electron chi connectivity index (χ1n) is 11.1. The molecule has 0 saturated carbocycles. The number of hydrogen-bond donors (Lipinski definition) is 2. The molecule has 34 heavy (non-hydrogen) atoms. The minimum atomic E-state index is -0.961. The number of benzene rings is 1. The second kappa shape index (κ2) is 10.2. The number of likely N-dealkylation sites (tertiary alicyclic amines) is 1. The summed E-state index contributed by atoms with van der Waals surface area (Å²) in [6.07, 6.45) is 0.584. The molecule has 9 heteroatoms. The molecule has 0 aliphatic carbocycles. The molecule has 2 N–H and O–H groups in total. The fourth-order valence-corrected chi connectivity index (χ4v) is 4.34. The van der Waals surface area contributed by atoms with Crippen LogP contribution in [0.25, 0.3) is 5.76 Å². The summed E-state index contributed by atoms with van der Waals surface area (Å²) in [7, 11) is 3.80. The van der Waals surface area contributed by atoms with Crippen LogP contribution in [0.5, 0.6) is 0 Å². The van der Waals surface area contributed by atoms with Crippen LogP contribution in [0.4, 0.5) is 4.39 Å². The molecule has 2 heterocycles. The quantitative estimate of drug-likeness (QED) is 0.265. The van der Waals surface area contributed by atoms with Crippen molar-refractivity contribution in [1.29, 1.82) is 0 Å². The summed E-state index contributed by atoms with van der Waals surface area (Å²) in [5.74, 6) is -3.13. The fraction of sp³-hybridized carbons (Fsp3) is 0.400. The van der Waals surface area contributed by atoms with Crippen molar-refractivity contribution in [2.45, 2.75) is 33.2 Å². The molecule has 1 amide bonds. The number of carbonyl (C=O) groups excluding carboxylic acids is 3. The van der Waals surface area contributed by atoms with E-state index in [2.05, 4.69) is 4.98 Å². The monoisotopic (exact) mass is 471 g/mol. The molecule has 0 radical (unpaired) electrons. The Morgan fingerprint density at radius 1 is 1.26 bits per heavy atom. The molecule has 1 aliphatic heterocycles. The van der Waals surface area contributed by atoms with Gasteiger partial charge in [0.25, 0.3) is 11.7 Å². The third kappa shape index (κ3) is 4.75. The normalized spacial score (nSPS) is 17.6. The average molecular weight is 472 g/mol. The number of ether oxygens (including phenoxy) is 1. The van der Waals surface area contributed by atoms with Gasteiger partial charge in [-0.05, 0) is 71.1 Å². The highest BCUT2D eigenvalue weighted by Gasteiger charge is 2.46. The first kappa shape index (κ1) is 25.2. The van der Waals surface area contributed by atoms with E-state index in [0.29, 0.717) is 29.8 Å². The van der Waals surface area contributed by atoms with Crippen molar-refractivity contribution in [3.05, 3.63) is 63.7 Å². The number of aryl methyl sites for hydroxylation is 1. The van der Waals surface area contributed by atoms with Gasteiger partial charge in [0.1, 0.15) is 17.3 Å². The lowest BCUT2D eigenvalue weighted by atomic mass is 9.94. The van der Waals surface area contributed by atoms with Gasteiger partial charge in [-0.2, -0.15) is 0 Å². The van der Waals surface area contributed by atoms with Gasteiger partial charge in [0.2, 0.25) is 0 Å². The van der Waals surface area contributed by atoms with Crippen molar-refractivity contribution in [1.82, 2.24) is 14.8 Å². The predicted octanol–water partition coefficient (Wildman–Crippen LogP) is 3.32. The zero-order chi connectivity index (χ0) is 25.2. The summed E-state index contributed by atoms with van der Waals surface area (Å²) in [5.41, 5.74) is 1.47. The molecule has 182 valence electrons. The van der Waals surface area contributed by atoms with Crippen LogP contribution in [-0.4, -0.2) is 71.3 Å². The number of aliphatic hydroxyl groups is 1. The summed E-state index contributed by atoms with van der Waals surface area (Å²) in [4.78, 5) is 44.7. The number of aliphatic hydroxyl groups excluding tert-OH is 1. The van der Waals surface area contributed by atoms with Gasteiger partial charge < -0.3 is 24.6 Å². The molecule has 1 aromatic heterocycles. The lowest BCUT2D eigenvalue weighted by molar-refractivity contribution is -0.139. The molecule has 1 aromatic carbocycles. The highest BCUT2D eigenvalue weighted by molar-refractivity contribution is 6.46. The zero-order valence-corrected chi connectivity index (χ0v) is 20.1. The van der Waals surface area contributed by atoms with Crippen molar-refractivity contribution in [3.8, 4) is 0 Å². The van der Waals surface area contributed by atoms with Crippen LogP contribution in [0.15, 0.2) is 29.8 Å². The van der Waals surface area contributed by atoms with E-state index >= 15 is 0 Å².